The van der Waals surface area contributed by atoms with Gasteiger partial charge in [0.1, 0.15) is 18.4 Å². The molecule has 1 amide bonds. The van der Waals surface area contributed by atoms with Crippen LogP contribution in [0.25, 0.3) is 0 Å². The second kappa shape index (κ2) is 6.47. The van der Waals surface area contributed by atoms with Crippen molar-refractivity contribution in [2.75, 3.05) is 6.61 Å². The molecule has 8 nitrogen and oxygen atoms in total. The maximum Gasteiger partial charge on any atom is 0.328 e. The first-order chi connectivity index (χ1) is 11.1. The first kappa shape index (κ1) is 15.0. The minimum atomic E-state index is -0.627. The van der Waals surface area contributed by atoms with Crippen molar-refractivity contribution < 1.29 is 23.6 Å². The second-order valence-electron chi connectivity index (χ2n) is 5.08. The molecule has 1 aliphatic heterocycles. The van der Waals surface area contributed by atoms with Crippen molar-refractivity contribution in [3.8, 4) is 5.75 Å². The van der Waals surface area contributed by atoms with Crippen LogP contribution in [0.4, 0.5) is 0 Å². The van der Waals surface area contributed by atoms with Gasteiger partial charge in [0.15, 0.2) is 11.5 Å². The Balaban J connectivity index is 1.55. The third-order valence-corrected chi connectivity index (χ3v) is 3.30. The molecule has 0 unspecified atom stereocenters. The Bertz CT molecular complexity index is 710. The van der Waals surface area contributed by atoms with E-state index in [1.807, 2.05) is 13.0 Å². The van der Waals surface area contributed by atoms with Gasteiger partial charge in [-0.15, -0.1) is 0 Å². The van der Waals surface area contributed by atoms with Crippen molar-refractivity contribution in [1.29, 1.82) is 0 Å². The van der Waals surface area contributed by atoms with Gasteiger partial charge in [-0.25, -0.2) is 4.79 Å². The Morgan fingerprint density at radius 3 is 3.04 bits per heavy atom. The summed E-state index contributed by atoms with van der Waals surface area (Å²) in [5.41, 5.74) is 0.978. The Morgan fingerprint density at radius 1 is 1.48 bits per heavy atom. The van der Waals surface area contributed by atoms with E-state index in [0.29, 0.717) is 24.5 Å². The van der Waals surface area contributed by atoms with Crippen molar-refractivity contribution in [2.24, 2.45) is 0 Å². The molecule has 0 aromatic carbocycles. The third-order valence-electron chi connectivity index (χ3n) is 3.30. The summed E-state index contributed by atoms with van der Waals surface area (Å²) in [4.78, 5) is 27.4. The third kappa shape index (κ3) is 3.65. The van der Waals surface area contributed by atoms with Gasteiger partial charge in [-0.1, -0.05) is 5.16 Å². The van der Waals surface area contributed by atoms with E-state index in [1.165, 1.54) is 6.07 Å². The fourth-order valence-corrected chi connectivity index (χ4v) is 2.04. The van der Waals surface area contributed by atoms with Crippen LogP contribution >= 0.6 is 0 Å². The predicted molar refractivity (Wildman–Crippen MR) is 76.6 cm³/mol. The Kier molecular flexibility index (Phi) is 4.22. The molecule has 1 aliphatic rings. The quantitative estimate of drug-likeness (QED) is 0.820. The first-order valence-corrected chi connectivity index (χ1v) is 7.10. The molecule has 8 heteroatoms. The topological polar surface area (TPSA) is 104 Å². The number of pyridine rings is 1. The SMILES string of the molecule is Cc1ccc(OCc2cc(C(=O)N[C@@H]3CCOC3=O)no2)cn1. The van der Waals surface area contributed by atoms with E-state index in [2.05, 4.69) is 15.5 Å². The number of ether oxygens (including phenoxy) is 2. The molecule has 1 atom stereocenters. The van der Waals surface area contributed by atoms with E-state index in [4.69, 9.17) is 14.0 Å². The van der Waals surface area contributed by atoms with Crippen LogP contribution in [-0.4, -0.2) is 34.7 Å². The molecule has 2 aromatic rings. The maximum absolute atomic E-state index is 12.0. The molecule has 3 rings (SSSR count). The molecule has 120 valence electrons. The van der Waals surface area contributed by atoms with Gasteiger partial charge in [-0.2, -0.15) is 0 Å². The predicted octanol–water partition coefficient (Wildman–Crippen LogP) is 1.00. The number of esters is 1. The average Bonchev–Trinajstić information content (AvgIpc) is 3.17. The number of amides is 1. The van der Waals surface area contributed by atoms with E-state index in [1.54, 1.807) is 12.3 Å². The van der Waals surface area contributed by atoms with Crippen molar-refractivity contribution >= 4 is 11.9 Å². The number of hydrogen-bond acceptors (Lipinski definition) is 7. The minimum absolute atomic E-state index is 0.0883. The molecule has 0 radical (unpaired) electrons. The standard InChI is InChI=1S/C15H15N3O5/c1-9-2-3-10(7-16-9)22-8-11-6-13(18-23-11)14(19)17-12-4-5-21-15(12)20/h2-3,6-7,12H,4-5,8H2,1H3,(H,17,19)/t12-/m1/s1. The van der Waals surface area contributed by atoms with Gasteiger partial charge in [0.05, 0.1) is 12.8 Å². The number of rotatable bonds is 5. The molecule has 0 spiro atoms. The summed E-state index contributed by atoms with van der Waals surface area (Å²) in [5.74, 6) is 0.0644. The van der Waals surface area contributed by atoms with Crippen LogP contribution in [0, 0.1) is 6.92 Å². The molecule has 23 heavy (non-hydrogen) atoms. The summed E-state index contributed by atoms with van der Waals surface area (Å²) < 4.78 is 15.3. The van der Waals surface area contributed by atoms with Crippen LogP contribution < -0.4 is 10.1 Å². The summed E-state index contributed by atoms with van der Waals surface area (Å²) in [5, 5.41) is 6.23. The van der Waals surface area contributed by atoms with E-state index in [-0.39, 0.29) is 12.3 Å². The number of carbonyl (C=O) groups is 2. The van der Waals surface area contributed by atoms with Crippen molar-refractivity contribution in [1.82, 2.24) is 15.5 Å². The van der Waals surface area contributed by atoms with Gasteiger partial charge in [0, 0.05) is 18.2 Å². The zero-order valence-electron chi connectivity index (χ0n) is 12.4. The van der Waals surface area contributed by atoms with Crippen LogP contribution in [0.3, 0.4) is 0 Å². The first-order valence-electron chi connectivity index (χ1n) is 7.10. The minimum Gasteiger partial charge on any atom is -0.484 e. The van der Waals surface area contributed by atoms with Crippen LogP contribution in [0.1, 0.15) is 28.4 Å². The van der Waals surface area contributed by atoms with Crippen LogP contribution in [-0.2, 0) is 16.1 Å². The van der Waals surface area contributed by atoms with E-state index in [0.717, 1.165) is 5.69 Å². The molecule has 3 heterocycles. The lowest BCUT2D eigenvalue weighted by atomic mass is 10.2. The molecule has 2 aromatic heterocycles. The number of nitrogens with zero attached hydrogens (tertiary/aromatic N) is 2. The fourth-order valence-electron chi connectivity index (χ4n) is 2.04. The van der Waals surface area contributed by atoms with Gasteiger partial charge in [0.25, 0.3) is 5.91 Å². The van der Waals surface area contributed by atoms with E-state index < -0.39 is 17.9 Å². The van der Waals surface area contributed by atoms with Crippen LogP contribution in [0.2, 0.25) is 0 Å². The highest BCUT2D eigenvalue weighted by Gasteiger charge is 2.29. The highest BCUT2D eigenvalue weighted by Crippen LogP contribution is 2.13. The average molecular weight is 317 g/mol. The van der Waals surface area contributed by atoms with Crippen LogP contribution in [0.15, 0.2) is 28.9 Å². The van der Waals surface area contributed by atoms with Gasteiger partial charge < -0.3 is 19.3 Å². The van der Waals surface area contributed by atoms with Crippen molar-refractivity contribution in [3.63, 3.8) is 0 Å². The highest BCUT2D eigenvalue weighted by atomic mass is 16.5. The van der Waals surface area contributed by atoms with Gasteiger partial charge in [-0.3, -0.25) is 9.78 Å². The molecular formula is C15H15N3O5. The van der Waals surface area contributed by atoms with Gasteiger partial charge in [-0.05, 0) is 19.1 Å². The summed E-state index contributed by atoms with van der Waals surface area (Å²) in [6.07, 6.45) is 2.06. The normalized spacial score (nSPS) is 16.9. The van der Waals surface area contributed by atoms with E-state index in [9.17, 15) is 9.59 Å². The summed E-state index contributed by atoms with van der Waals surface area (Å²) in [6, 6.07) is 4.46. The molecule has 1 saturated heterocycles. The molecule has 0 aliphatic carbocycles. The van der Waals surface area contributed by atoms with Gasteiger partial charge >= 0.3 is 5.97 Å². The zero-order valence-corrected chi connectivity index (χ0v) is 12.4. The number of hydrogen-bond donors (Lipinski definition) is 1. The molecule has 0 bridgehead atoms. The Labute approximate surface area is 131 Å². The van der Waals surface area contributed by atoms with Crippen molar-refractivity contribution in [3.05, 3.63) is 41.5 Å². The smallest absolute Gasteiger partial charge is 0.328 e. The largest absolute Gasteiger partial charge is 0.484 e. The van der Waals surface area contributed by atoms with Crippen molar-refractivity contribution in [2.45, 2.75) is 26.0 Å². The molecular weight excluding hydrogens is 302 g/mol. The maximum atomic E-state index is 12.0. The Morgan fingerprint density at radius 2 is 2.35 bits per heavy atom. The summed E-state index contributed by atoms with van der Waals surface area (Å²) >= 11 is 0. The zero-order chi connectivity index (χ0) is 16.2. The number of aromatic nitrogens is 2. The lowest BCUT2D eigenvalue weighted by Crippen LogP contribution is -2.38. The summed E-state index contributed by atoms with van der Waals surface area (Å²) in [6.45, 7) is 2.31. The monoisotopic (exact) mass is 317 g/mol. The number of cyclic esters (lactones) is 1. The lowest BCUT2D eigenvalue weighted by Gasteiger charge is -2.05. The molecule has 1 fully saturated rings. The van der Waals surface area contributed by atoms with Crippen LogP contribution in [0.5, 0.6) is 5.75 Å². The highest BCUT2D eigenvalue weighted by molar-refractivity contribution is 5.95. The number of nitrogens with one attached hydrogen (secondary N) is 1. The molecule has 1 N–H and O–H groups in total. The second-order valence-corrected chi connectivity index (χ2v) is 5.08. The lowest BCUT2D eigenvalue weighted by molar-refractivity contribution is -0.139. The number of carbonyl (C=O) groups excluding carboxylic acids is 2. The van der Waals surface area contributed by atoms with Gasteiger partial charge in [0.2, 0.25) is 0 Å². The van der Waals surface area contributed by atoms with E-state index >= 15 is 0 Å². The fraction of sp³-hybridized carbons (Fsp3) is 0.333. The summed E-state index contributed by atoms with van der Waals surface area (Å²) in [7, 11) is 0. The number of aryl methyl sites for hydroxylation is 1. The Hall–Kier alpha value is -2.90. The molecule has 0 saturated carbocycles.